The highest BCUT2D eigenvalue weighted by molar-refractivity contribution is 5.68. The zero-order valence-corrected chi connectivity index (χ0v) is 13.1. The SMILES string of the molecule is CCCNCc1ccc(-c2ccc(C)c(C)c2)c(C)c1. The van der Waals surface area contributed by atoms with Gasteiger partial charge in [0.2, 0.25) is 0 Å². The molecule has 0 aromatic heterocycles. The lowest BCUT2D eigenvalue weighted by Crippen LogP contribution is -2.13. The van der Waals surface area contributed by atoms with E-state index in [1.807, 2.05) is 0 Å². The summed E-state index contributed by atoms with van der Waals surface area (Å²) in [5.74, 6) is 0. The molecule has 0 amide bonds. The minimum atomic E-state index is 0.960. The summed E-state index contributed by atoms with van der Waals surface area (Å²) >= 11 is 0. The topological polar surface area (TPSA) is 12.0 Å². The summed E-state index contributed by atoms with van der Waals surface area (Å²) in [5.41, 5.74) is 8.08. The van der Waals surface area contributed by atoms with E-state index in [-0.39, 0.29) is 0 Å². The van der Waals surface area contributed by atoms with Crippen molar-refractivity contribution in [3.8, 4) is 11.1 Å². The van der Waals surface area contributed by atoms with Gasteiger partial charge in [-0.2, -0.15) is 0 Å². The van der Waals surface area contributed by atoms with Crippen LogP contribution in [0.25, 0.3) is 11.1 Å². The molecule has 1 heteroatoms. The molecule has 0 unspecified atom stereocenters. The molecule has 0 fully saturated rings. The van der Waals surface area contributed by atoms with E-state index < -0.39 is 0 Å². The molecule has 0 aliphatic heterocycles. The van der Waals surface area contributed by atoms with Crippen LogP contribution in [0.1, 0.15) is 35.6 Å². The van der Waals surface area contributed by atoms with E-state index in [9.17, 15) is 0 Å². The van der Waals surface area contributed by atoms with Crippen molar-refractivity contribution >= 4 is 0 Å². The molecule has 0 bridgehead atoms. The highest BCUT2D eigenvalue weighted by Crippen LogP contribution is 2.26. The maximum Gasteiger partial charge on any atom is 0.0205 e. The van der Waals surface area contributed by atoms with Gasteiger partial charge < -0.3 is 5.32 Å². The molecular weight excluding hydrogens is 242 g/mol. The van der Waals surface area contributed by atoms with Gasteiger partial charge in [-0.05, 0) is 67.1 Å². The summed E-state index contributed by atoms with van der Waals surface area (Å²) in [6.45, 7) is 10.8. The number of rotatable bonds is 5. The lowest BCUT2D eigenvalue weighted by Gasteiger charge is -2.11. The van der Waals surface area contributed by atoms with Crippen LogP contribution in [0.5, 0.6) is 0 Å². The first-order chi connectivity index (χ1) is 9.61. The highest BCUT2D eigenvalue weighted by atomic mass is 14.8. The molecule has 2 aromatic carbocycles. The zero-order valence-electron chi connectivity index (χ0n) is 13.1. The third-order valence-electron chi connectivity index (χ3n) is 3.86. The molecule has 0 radical (unpaired) electrons. The van der Waals surface area contributed by atoms with Gasteiger partial charge in [0.25, 0.3) is 0 Å². The van der Waals surface area contributed by atoms with Gasteiger partial charge in [-0.15, -0.1) is 0 Å². The predicted molar refractivity (Wildman–Crippen MR) is 88.1 cm³/mol. The monoisotopic (exact) mass is 267 g/mol. The smallest absolute Gasteiger partial charge is 0.0205 e. The van der Waals surface area contributed by atoms with Crippen LogP contribution in [0.4, 0.5) is 0 Å². The summed E-state index contributed by atoms with van der Waals surface area (Å²) in [4.78, 5) is 0. The lowest BCUT2D eigenvalue weighted by molar-refractivity contribution is 0.675. The van der Waals surface area contributed by atoms with Crippen LogP contribution in [-0.4, -0.2) is 6.54 Å². The second kappa shape index (κ2) is 6.71. The van der Waals surface area contributed by atoms with Crippen LogP contribution in [0.2, 0.25) is 0 Å². The number of hydrogen-bond donors (Lipinski definition) is 1. The normalized spacial score (nSPS) is 10.8. The second-order valence-electron chi connectivity index (χ2n) is 5.63. The van der Waals surface area contributed by atoms with Crippen molar-refractivity contribution in [3.05, 3.63) is 58.7 Å². The Morgan fingerprint density at radius 1 is 0.850 bits per heavy atom. The molecular formula is C19H25N. The largest absolute Gasteiger partial charge is 0.313 e. The molecule has 2 rings (SSSR count). The van der Waals surface area contributed by atoms with Crippen molar-refractivity contribution in [3.63, 3.8) is 0 Å². The Kier molecular flexibility index (Phi) is 4.97. The fourth-order valence-corrected chi connectivity index (χ4v) is 2.48. The summed E-state index contributed by atoms with van der Waals surface area (Å²) in [5, 5.41) is 3.45. The van der Waals surface area contributed by atoms with Crippen molar-refractivity contribution < 1.29 is 0 Å². The number of aryl methyl sites for hydroxylation is 3. The van der Waals surface area contributed by atoms with Gasteiger partial charge in [0, 0.05) is 6.54 Å². The first-order valence-corrected chi connectivity index (χ1v) is 7.49. The standard InChI is InChI=1S/C19H25N/c1-5-10-20-13-17-7-9-19(16(4)11-17)18-8-6-14(2)15(3)12-18/h6-9,11-12,20H,5,10,13H2,1-4H3. The van der Waals surface area contributed by atoms with E-state index in [1.54, 1.807) is 0 Å². The third kappa shape index (κ3) is 3.49. The summed E-state index contributed by atoms with van der Waals surface area (Å²) < 4.78 is 0. The van der Waals surface area contributed by atoms with Crippen molar-refractivity contribution in [2.75, 3.05) is 6.54 Å². The van der Waals surface area contributed by atoms with Crippen LogP contribution in [0.15, 0.2) is 36.4 Å². The van der Waals surface area contributed by atoms with Crippen LogP contribution in [0.3, 0.4) is 0 Å². The van der Waals surface area contributed by atoms with E-state index in [0.29, 0.717) is 0 Å². The Morgan fingerprint density at radius 2 is 1.65 bits per heavy atom. The average Bonchev–Trinajstić information content (AvgIpc) is 2.43. The van der Waals surface area contributed by atoms with E-state index in [2.05, 4.69) is 69.4 Å². The van der Waals surface area contributed by atoms with Crippen molar-refractivity contribution in [1.82, 2.24) is 5.32 Å². The Balaban J connectivity index is 2.22. The Morgan fingerprint density at radius 3 is 2.30 bits per heavy atom. The molecule has 0 spiro atoms. The van der Waals surface area contributed by atoms with Crippen LogP contribution in [0, 0.1) is 20.8 Å². The molecule has 2 aromatic rings. The average molecular weight is 267 g/mol. The highest BCUT2D eigenvalue weighted by Gasteiger charge is 2.04. The number of nitrogens with one attached hydrogen (secondary N) is 1. The number of benzene rings is 2. The molecule has 0 heterocycles. The Hall–Kier alpha value is -1.60. The van der Waals surface area contributed by atoms with Gasteiger partial charge in [-0.25, -0.2) is 0 Å². The van der Waals surface area contributed by atoms with Crippen LogP contribution in [-0.2, 0) is 6.54 Å². The number of hydrogen-bond acceptors (Lipinski definition) is 1. The van der Waals surface area contributed by atoms with Crippen molar-refractivity contribution in [1.29, 1.82) is 0 Å². The fourth-order valence-electron chi connectivity index (χ4n) is 2.48. The van der Waals surface area contributed by atoms with E-state index in [4.69, 9.17) is 0 Å². The van der Waals surface area contributed by atoms with Gasteiger partial charge in [0.05, 0.1) is 0 Å². The molecule has 0 aliphatic rings. The molecule has 0 aliphatic carbocycles. The minimum Gasteiger partial charge on any atom is -0.313 e. The third-order valence-corrected chi connectivity index (χ3v) is 3.86. The Labute approximate surface area is 123 Å². The van der Waals surface area contributed by atoms with Gasteiger partial charge >= 0.3 is 0 Å². The first kappa shape index (κ1) is 14.8. The van der Waals surface area contributed by atoms with E-state index in [1.165, 1.54) is 39.8 Å². The zero-order chi connectivity index (χ0) is 14.5. The second-order valence-corrected chi connectivity index (χ2v) is 5.63. The van der Waals surface area contributed by atoms with Crippen molar-refractivity contribution in [2.24, 2.45) is 0 Å². The maximum absolute atomic E-state index is 3.45. The molecule has 20 heavy (non-hydrogen) atoms. The predicted octanol–water partition coefficient (Wildman–Crippen LogP) is 4.78. The van der Waals surface area contributed by atoms with Gasteiger partial charge in [0.1, 0.15) is 0 Å². The Bertz CT molecular complexity index is 584. The molecule has 0 atom stereocenters. The maximum atomic E-state index is 3.45. The molecule has 1 nitrogen and oxygen atoms in total. The van der Waals surface area contributed by atoms with Gasteiger partial charge in [-0.1, -0.05) is 43.3 Å². The fraction of sp³-hybridized carbons (Fsp3) is 0.368. The lowest BCUT2D eigenvalue weighted by atomic mass is 9.96. The van der Waals surface area contributed by atoms with Crippen LogP contribution >= 0.6 is 0 Å². The minimum absolute atomic E-state index is 0.960. The quantitative estimate of drug-likeness (QED) is 0.769. The van der Waals surface area contributed by atoms with E-state index in [0.717, 1.165) is 13.1 Å². The van der Waals surface area contributed by atoms with E-state index >= 15 is 0 Å². The molecule has 106 valence electrons. The summed E-state index contributed by atoms with van der Waals surface area (Å²) in [6.07, 6.45) is 1.18. The molecule has 1 N–H and O–H groups in total. The van der Waals surface area contributed by atoms with Gasteiger partial charge in [0.15, 0.2) is 0 Å². The summed E-state index contributed by atoms with van der Waals surface area (Å²) in [7, 11) is 0. The molecule has 0 saturated carbocycles. The first-order valence-electron chi connectivity index (χ1n) is 7.49. The van der Waals surface area contributed by atoms with Gasteiger partial charge in [-0.3, -0.25) is 0 Å². The van der Waals surface area contributed by atoms with Crippen molar-refractivity contribution in [2.45, 2.75) is 40.7 Å². The van der Waals surface area contributed by atoms with Crippen LogP contribution < -0.4 is 5.32 Å². The molecule has 0 saturated heterocycles. The summed E-state index contributed by atoms with van der Waals surface area (Å²) in [6, 6.07) is 13.5.